The molecule has 0 aliphatic rings. The van der Waals surface area contributed by atoms with E-state index in [0.717, 1.165) is 16.9 Å². The van der Waals surface area contributed by atoms with E-state index in [2.05, 4.69) is 21.6 Å². The summed E-state index contributed by atoms with van der Waals surface area (Å²) in [6, 6.07) is 13.3. The summed E-state index contributed by atoms with van der Waals surface area (Å²) < 4.78 is 12.9. The number of thioether (sulfide) groups is 1. The van der Waals surface area contributed by atoms with E-state index in [-0.39, 0.29) is 11.7 Å². The van der Waals surface area contributed by atoms with Crippen molar-refractivity contribution in [2.75, 3.05) is 18.2 Å². The van der Waals surface area contributed by atoms with Crippen LogP contribution in [0.25, 0.3) is 0 Å². The molecule has 2 aromatic carbocycles. The zero-order valence-corrected chi connectivity index (χ0v) is 17.7. The molecule has 29 heavy (non-hydrogen) atoms. The number of benzene rings is 2. The van der Waals surface area contributed by atoms with Crippen LogP contribution in [0.2, 0.25) is 0 Å². The highest BCUT2D eigenvalue weighted by Gasteiger charge is 2.12. The van der Waals surface area contributed by atoms with Gasteiger partial charge in [-0.15, -0.1) is 10.2 Å². The van der Waals surface area contributed by atoms with Crippen molar-refractivity contribution in [3.63, 3.8) is 0 Å². The Morgan fingerprint density at radius 2 is 1.86 bits per heavy atom. The zero-order chi connectivity index (χ0) is 20.8. The van der Waals surface area contributed by atoms with Crippen molar-refractivity contribution in [2.24, 2.45) is 7.05 Å². The summed E-state index contributed by atoms with van der Waals surface area (Å²) in [5.74, 6) is 2.29. The Morgan fingerprint density at radius 1 is 1.10 bits per heavy atom. The van der Waals surface area contributed by atoms with Gasteiger partial charge in [-0.1, -0.05) is 23.9 Å². The lowest BCUT2D eigenvalue weighted by Crippen LogP contribution is -2.14. The maximum atomic E-state index is 12.2. The second-order valence-corrected chi connectivity index (χ2v) is 7.58. The normalized spacial score (nSPS) is 10.6. The van der Waals surface area contributed by atoms with Crippen LogP contribution >= 0.6 is 11.8 Å². The highest BCUT2D eigenvalue weighted by atomic mass is 32.2. The van der Waals surface area contributed by atoms with Gasteiger partial charge in [-0.2, -0.15) is 0 Å². The summed E-state index contributed by atoms with van der Waals surface area (Å²) in [7, 11) is 3.45. The molecule has 0 atom stereocenters. The van der Waals surface area contributed by atoms with E-state index in [1.165, 1.54) is 11.8 Å². The standard InChI is InChI=1S/C21H24N4O3S/c1-14-8-15(2)10-18(9-14)28-12-19-23-24-21(25(19)3)29-13-20(26)22-16-6-5-7-17(11-16)27-4/h5-11H,12-13H2,1-4H3,(H,22,26). The van der Waals surface area contributed by atoms with Crippen LogP contribution < -0.4 is 14.8 Å². The van der Waals surface area contributed by atoms with Gasteiger partial charge < -0.3 is 19.4 Å². The molecule has 0 aliphatic carbocycles. The summed E-state index contributed by atoms with van der Waals surface area (Å²) in [5, 5.41) is 11.9. The molecular weight excluding hydrogens is 388 g/mol. The molecule has 1 amide bonds. The maximum Gasteiger partial charge on any atom is 0.234 e. The lowest BCUT2D eigenvalue weighted by Gasteiger charge is -2.09. The van der Waals surface area contributed by atoms with E-state index >= 15 is 0 Å². The first-order valence-corrected chi connectivity index (χ1v) is 10.1. The molecule has 0 fully saturated rings. The molecule has 1 aromatic heterocycles. The van der Waals surface area contributed by atoms with Crippen LogP contribution in [-0.2, 0) is 18.4 Å². The Kier molecular flexibility index (Phi) is 6.77. The molecule has 0 radical (unpaired) electrons. The Bertz CT molecular complexity index is 983. The van der Waals surface area contributed by atoms with Crippen molar-refractivity contribution in [1.82, 2.24) is 14.8 Å². The summed E-state index contributed by atoms with van der Waals surface area (Å²) in [6.07, 6.45) is 0. The molecule has 1 N–H and O–H groups in total. The number of carbonyl (C=O) groups excluding carboxylic acids is 1. The number of hydrogen-bond donors (Lipinski definition) is 1. The number of nitrogens with one attached hydrogen (secondary N) is 1. The summed E-state index contributed by atoms with van der Waals surface area (Å²) >= 11 is 1.32. The maximum absolute atomic E-state index is 12.2. The predicted molar refractivity (Wildman–Crippen MR) is 114 cm³/mol. The first-order chi connectivity index (χ1) is 13.9. The van der Waals surface area contributed by atoms with Crippen molar-refractivity contribution < 1.29 is 14.3 Å². The van der Waals surface area contributed by atoms with E-state index in [4.69, 9.17) is 9.47 Å². The van der Waals surface area contributed by atoms with Crippen molar-refractivity contribution in [3.8, 4) is 11.5 Å². The lowest BCUT2D eigenvalue weighted by molar-refractivity contribution is -0.113. The molecular formula is C21H24N4O3S. The van der Waals surface area contributed by atoms with Gasteiger partial charge in [0.1, 0.15) is 18.1 Å². The van der Waals surface area contributed by atoms with Crippen molar-refractivity contribution >= 4 is 23.4 Å². The van der Waals surface area contributed by atoms with Gasteiger partial charge in [0.15, 0.2) is 11.0 Å². The summed E-state index contributed by atoms with van der Waals surface area (Å²) in [5.41, 5.74) is 2.99. The van der Waals surface area contributed by atoms with Crippen LogP contribution in [0.5, 0.6) is 11.5 Å². The van der Waals surface area contributed by atoms with Crippen molar-refractivity contribution in [1.29, 1.82) is 0 Å². The molecule has 1 heterocycles. The van der Waals surface area contributed by atoms with Crippen LogP contribution in [0.15, 0.2) is 47.6 Å². The minimum atomic E-state index is -0.126. The smallest absolute Gasteiger partial charge is 0.234 e. The van der Waals surface area contributed by atoms with E-state index in [1.807, 2.05) is 55.8 Å². The van der Waals surface area contributed by atoms with Crippen molar-refractivity contribution in [2.45, 2.75) is 25.6 Å². The molecule has 0 unspecified atom stereocenters. The monoisotopic (exact) mass is 412 g/mol. The van der Waals surface area contributed by atoms with Gasteiger partial charge in [0.05, 0.1) is 12.9 Å². The van der Waals surface area contributed by atoms with E-state index < -0.39 is 0 Å². The van der Waals surface area contributed by atoms with E-state index in [9.17, 15) is 4.79 Å². The highest BCUT2D eigenvalue weighted by molar-refractivity contribution is 7.99. The third-order valence-corrected chi connectivity index (χ3v) is 5.19. The fourth-order valence-electron chi connectivity index (χ4n) is 2.79. The van der Waals surface area contributed by atoms with E-state index in [0.29, 0.717) is 29.0 Å². The second-order valence-electron chi connectivity index (χ2n) is 6.64. The Hall–Kier alpha value is -3.00. The molecule has 0 spiro atoms. The van der Waals surface area contributed by atoms with Gasteiger partial charge in [0, 0.05) is 18.8 Å². The average Bonchev–Trinajstić information content (AvgIpc) is 3.04. The number of carbonyl (C=O) groups is 1. The molecule has 152 valence electrons. The SMILES string of the molecule is COc1cccc(NC(=O)CSc2nnc(COc3cc(C)cc(C)c3)n2C)c1. The van der Waals surface area contributed by atoms with Crippen LogP contribution in [-0.4, -0.2) is 33.5 Å². The number of aryl methyl sites for hydroxylation is 2. The number of nitrogens with zero attached hydrogens (tertiary/aromatic N) is 3. The average molecular weight is 413 g/mol. The molecule has 0 aliphatic heterocycles. The predicted octanol–water partition coefficient (Wildman–Crippen LogP) is 3.75. The number of aromatic nitrogens is 3. The Morgan fingerprint density at radius 3 is 2.59 bits per heavy atom. The number of ether oxygens (including phenoxy) is 2. The van der Waals surface area contributed by atoms with Gasteiger partial charge in [0.2, 0.25) is 5.91 Å². The minimum Gasteiger partial charge on any atom is -0.497 e. The first kappa shape index (κ1) is 20.7. The van der Waals surface area contributed by atoms with E-state index in [1.54, 1.807) is 13.2 Å². The van der Waals surface area contributed by atoms with Crippen LogP contribution in [0.4, 0.5) is 5.69 Å². The first-order valence-electron chi connectivity index (χ1n) is 9.10. The van der Waals surface area contributed by atoms with Crippen molar-refractivity contribution in [3.05, 3.63) is 59.4 Å². The van der Waals surface area contributed by atoms with Gasteiger partial charge in [0.25, 0.3) is 0 Å². The molecule has 0 bridgehead atoms. The van der Waals surface area contributed by atoms with Gasteiger partial charge in [-0.3, -0.25) is 4.79 Å². The minimum absolute atomic E-state index is 0.126. The third-order valence-electron chi connectivity index (χ3n) is 4.17. The lowest BCUT2D eigenvalue weighted by atomic mass is 10.1. The molecule has 3 rings (SSSR count). The number of anilines is 1. The number of amides is 1. The van der Waals surface area contributed by atoms with Crippen LogP contribution in [0.3, 0.4) is 0 Å². The second kappa shape index (κ2) is 9.47. The summed E-state index contributed by atoms with van der Waals surface area (Å²) in [6.45, 7) is 4.38. The van der Waals surface area contributed by atoms with Gasteiger partial charge in [-0.25, -0.2) is 0 Å². The third kappa shape index (κ3) is 5.74. The molecule has 3 aromatic rings. The molecule has 0 saturated heterocycles. The number of hydrogen-bond acceptors (Lipinski definition) is 6. The molecule has 8 heteroatoms. The Balaban J connectivity index is 1.54. The van der Waals surface area contributed by atoms with Gasteiger partial charge >= 0.3 is 0 Å². The zero-order valence-electron chi connectivity index (χ0n) is 16.9. The fraction of sp³-hybridized carbons (Fsp3) is 0.286. The van der Waals surface area contributed by atoms with Crippen LogP contribution in [0, 0.1) is 13.8 Å². The number of rotatable bonds is 8. The van der Waals surface area contributed by atoms with Crippen LogP contribution in [0.1, 0.15) is 17.0 Å². The Labute approximate surface area is 174 Å². The largest absolute Gasteiger partial charge is 0.497 e. The topological polar surface area (TPSA) is 78.3 Å². The molecule has 0 saturated carbocycles. The highest BCUT2D eigenvalue weighted by Crippen LogP contribution is 2.21. The fourth-order valence-corrected chi connectivity index (χ4v) is 3.52. The number of methoxy groups -OCH3 is 1. The molecule has 7 nitrogen and oxygen atoms in total. The quantitative estimate of drug-likeness (QED) is 0.568. The van der Waals surface area contributed by atoms with Gasteiger partial charge in [-0.05, 0) is 49.2 Å². The summed E-state index contributed by atoms with van der Waals surface area (Å²) in [4.78, 5) is 12.2.